The molecule has 0 spiro atoms. The Bertz CT molecular complexity index is 952. The first kappa shape index (κ1) is 16.8. The number of rotatable bonds is 4. The van der Waals surface area contributed by atoms with Crippen LogP contribution in [0, 0.1) is 13.8 Å². The van der Waals surface area contributed by atoms with Gasteiger partial charge in [0.25, 0.3) is 0 Å². The van der Waals surface area contributed by atoms with E-state index >= 15 is 0 Å². The summed E-state index contributed by atoms with van der Waals surface area (Å²) in [6.45, 7) is 5.87. The number of ether oxygens (including phenoxy) is 1. The lowest BCUT2D eigenvalue weighted by Gasteiger charge is -2.13. The number of benzene rings is 2. The van der Waals surface area contributed by atoms with E-state index < -0.39 is 0 Å². The highest BCUT2D eigenvalue weighted by atomic mass is 16.5. The standard InChI is InChI=1S/C21H21NO3/c1-13(10-19(23)22-16-8-6-5-7-9-16)17-11-18-14(2)12-25-21(18)15(3)20(17)24-4/h5-12H,1-4H3,(H,22,23)/b13-10+. The number of fused-ring (bicyclic) bond motifs is 1. The third kappa shape index (κ3) is 3.29. The van der Waals surface area contributed by atoms with Crippen molar-refractivity contribution >= 4 is 28.1 Å². The fraction of sp³-hybridized carbons (Fsp3) is 0.190. The number of furan rings is 1. The molecule has 0 unspecified atom stereocenters. The fourth-order valence-corrected chi connectivity index (χ4v) is 2.97. The van der Waals surface area contributed by atoms with E-state index in [2.05, 4.69) is 5.32 Å². The van der Waals surface area contributed by atoms with Gasteiger partial charge in [0, 0.05) is 28.3 Å². The monoisotopic (exact) mass is 335 g/mol. The molecular weight excluding hydrogens is 314 g/mol. The van der Waals surface area contributed by atoms with E-state index in [-0.39, 0.29) is 5.91 Å². The molecule has 25 heavy (non-hydrogen) atoms. The molecule has 1 heterocycles. The summed E-state index contributed by atoms with van der Waals surface area (Å²) in [7, 11) is 1.63. The number of aryl methyl sites for hydroxylation is 2. The lowest BCUT2D eigenvalue weighted by molar-refractivity contribution is -0.111. The molecule has 0 bridgehead atoms. The van der Waals surface area contributed by atoms with Crippen LogP contribution in [0.2, 0.25) is 0 Å². The Kier molecular flexibility index (Phi) is 4.61. The van der Waals surface area contributed by atoms with Crippen LogP contribution in [0.4, 0.5) is 5.69 Å². The fourth-order valence-electron chi connectivity index (χ4n) is 2.97. The molecule has 0 aliphatic carbocycles. The van der Waals surface area contributed by atoms with Crippen molar-refractivity contribution in [2.45, 2.75) is 20.8 Å². The van der Waals surface area contributed by atoms with Crippen molar-refractivity contribution in [2.24, 2.45) is 0 Å². The van der Waals surface area contributed by atoms with Gasteiger partial charge in [-0.05, 0) is 50.1 Å². The number of carbonyl (C=O) groups is 1. The minimum absolute atomic E-state index is 0.174. The summed E-state index contributed by atoms with van der Waals surface area (Å²) in [5.74, 6) is 0.551. The molecule has 1 amide bonds. The molecule has 4 heteroatoms. The lowest BCUT2D eigenvalue weighted by atomic mass is 9.98. The zero-order valence-corrected chi connectivity index (χ0v) is 14.8. The van der Waals surface area contributed by atoms with Gasteiger partial charge in [-0.15, -0.1) is 0 Å². The number of hydrogen-bond donors (Lipinski definition) is 1. The van der Waals surface area contributed by atoms with Crippen LogP contribution in [0.15, 0.2) is 53.2 Å². The number of anilines is 1. The molecule has 4 nitrogen and oxygen atoms in total. The minimum Gasteiger partial charge on any atom is -0.496 e. The zero-order chi connectivity index (χ0) is 18.0. The molecule has 0 atom stereocenters. The van der Waals surface area contributed by atoms with Gasteiger partial charge in [0.15, 0.2) is 0 Å². The van der Waals surface area contributed by atoms with Crippen molar-refractivity contribution in [3.63, 3.8) is 0 Å². The average molecular weight is 335 g/mol. The van der Waals surface area contributed by atoms with Crippen molar-refractivity contribution in [3.05, 3.63) is 65.4 Å². The third-order valence-electron chi connectivity index (χ3n) is 4.26. The molecule has 0 fully saturated rings. The van der Waals surface area contributed by atoms with E-state index in [1.54, 1.807) is 19.4 Å². The van der Waals surface area contributed by atoms with Gasteiger partial charge in [0.2, 0.25) is 5.91 Å². The Balaban J connectivity index is 1.99. The summed E-state index contributed by atoms with van der Waals surface area (Å²) in [5.41, 5.74) is 5.29. The molecule has 128 valence electrons. The molecule has 1 N–H and O–H groups in total. The first-order valence-corrected chi connectivity index (χ1v) is 8.11. The molecule has 1 aromatic heterocycles. The van der Waals surface area contributed by atoms with E-state index in [9.17, 15) is 4.79 Å². The number of nitrogens with one attached hydrogen (secondary N) is 1. The molecule has 0 saturated carbocycles. The van der Waals surface area contributed by atoms with Crippen molar-refractivity contribution < 1.29 is 13.9 Å². The van der Waals surface area contributed by atoms with Crippen LogP contribution < -0.4 is 10.1 Å². The van der Waals surface area contributed by atoms with Crippen LogP contribution in [0.1, 0.15) is 23.6 Å². The highest BCUT2D eigenvalue weighted by Gasteiger charge is 2.16. The Hall–Kier alpha value is -3.01. The molecule has 3 rings (SSSR count). The second-order valence-corrected chi connectivity index (χ2v) is 6.06. The molecular formula is C21H21NO3. The van der Waals surface area contributed by atoms with Gasteiger partial charge in [0.05, 0.1) is 13.4 Å². The third-order valence-corrected chi connectivity index (χ3v) is 4.26. The van der Waals surface area contributed by atoms with Gasteiger partial charge < -0.3 is 14.5 Å². The van der Waals surface area contributed by atoms with Gasteiger partial charge in [-0.3, -0.25) is 4.79 Å². The second kappa shape index (κ2) is 6.85. The maximum Gasteiger partial charge on any atom is 0.248 e. The van der Waals surface area contributed by atoms with Gasteiger partial charge >= 0.3 is 0 Å². The molecule has 0 saturated heterocycles. The quantitative estimate of drug-likeness (QED) is 0.675. The number of allylic oxidation sites excluding steroid dienone is 1. The highest BCUT2D eigenvalue weighted by molar-refractivity contribution is 6.05. The molecule has 3 aromatic rings. The predicted molar refractivity (Wildman–Crippen MR) is 101 cm³/mol. The molecule has 2 aromatic carbocycles. The lowest BCUT2D eigenvalue weighted by Crippen LogP contribution is -2.08. The topological polar surface area (TPSA) is 51.5 Å². The number of hydrogen-bond acceptors (Lipinski definition) is 3. The predicted octanol–water partition coefficient (Wildman–Crippen LogP) is 5.10. The van der Waals surface area contributed by atoms with Crippen molar-refractivity contribution in [1.82, 2.24) is 0 Å². The smallest absolute Gasteiger partial charge is 0.248 e. The molecule has 0 aliphatic heterocycles. The Morgan fingerprint density at radius 2 is 1.92 bits per heavy atom. The van der Waals surface area contributed by atoms with Crippen molar-refractivity contribution in [3.8, 4) is 5.75 Å². The SMILES string of the molecule is COc1c(/C(C)=C/C(=O)Nc2ccccc2)cc2c(C)coc2c1C. The summed E-state index contributed by atoms with van der Waals surface area (Å²) >= 11 is 0. The van der Waals surface area contributed by atoms with Crippen LogP contribution >= 0.6 is 0 Å². The minimum atomic E-state index is -0.174. The Morgan fingerprint density at radius 3 is 2.60 bits per heavy atom. The summed E-state index contributed by atoms with van der Waals surface area (Å²) in [4.78, 5) is 12.3. The number of carbonyl (C=O) groups excluding carboxylic acids is 1. The first-order chi connectivity index (χ1) is 12.0. The van der Waals surface area contributed by atoms with Crippen LogP contribution in [0.5, 0.6) is 5.75 Å². The van der Waals surface area contributed by atoms with Gasteiger partial charge in [-0.1, -0.05) is 18.2 Å². The number of amides is 1. The second-order valence-electron chi connectivity index (χ2n) is 6.06. The van der Waals surface area contributed by atoms with Crippen LogP contribution in [-0.2, 0) is 4.79 Å². The summed E-state index contributed by atoms with van der Waals surface area (Å²) in [6, 6.07) is 11.4. The molecule has 0 aliphatic rings. The van der Waals surface area contributed by atoms with Crippen molar-refractivity contribution in [1.29, 1.82) is 0 Å². The summed E-state index contributed by atoms with van der Waals surface area (Å²) in [5, 5.41) is 3.90. The normalized spacial score (nSPS) is 11.6. The first-order valence-electron chi connectivity index (χ1n) is 8.11. The number of para-hydroxylation sites is 1. The van der Waals surface area contributed by atoms with E-state index in [1.165, 1.54) is 0 Å². The van der Waals surface area contributed by atoms with Crippen LogP contribution in [0.3, 0.4) is 0 Å². The summed E-state index contributed by atoms with van der Waals surface area (Å²) in [6.07, 6.45) is 3.33. The van der Waals surface area contributed by atoms with E-state index in [1.807, 2.05) is 57.2 Å². The summed E-state index contributed by atoms with van der Waals surface area (Å²) < 4.78 is 11.2. The van der Waals surface area contributed by atoms with Gasteiger partial charge in [-0.2, -0.15) is 0 Å². The van der Waals surface area contributed by atoms with E-state index in [4.69, 9.17) is 9.15 Å². The highest BCUT2D eigenvalue weighted by Crippen LogP contribution is 2.37. The number of methoxy groups -OCH3 is 1. The Labute approximate surface area is 147 Å². The van der Waals surface area contributed by atoms with Crippen LogP contribution in [0.25, 0.3) is 16.5 Å². The van der Waals surface area contributed by atoms with E-state index in [0.29, 0.717) is 0 Å². The average Bonchev–Trinajstić information content (AvgIpc) is 2.97. The molecule has 0 radical (unpaired) electrons. The van der Waals surface area contributed by atoms with E-state index in [0.717, 1.165) is 44.7 Å². The van der Waals surface area contributed by atoms with Crippen LogP contribution in [-0.4, -0.2) is 13.0 Å². The zero-order valence-electron chi connectivity index (χ0n) is 14.8. The maximum atomic E-state index is 12.3. The van der Waals surface area contributed by atoms with Gasteiger partial charge in [-0.25, -0.2) is 0 Å². The largest absolute Gasteiger partial charge is 0.496 e. The Morgan fingerprint density at radius 1 is 1.20 bits per heavy atom. The van der Waals surface area contributed by atoms with Crippen molar-refractivity contribution in [2.75, 3.05) is 12.4 Å². The van der Waals surface area contributed by atoms with Gasteiger partial charge in [0.1, 0.15) is 11.3 Å². The maximum absolute atomic E-state index is 12.3.